The molecule has 1 aliphatic rings. The van der Waals surface area contributed by atoms with Crippen LogP contribution in [0.3, 0.4) is 0 Å². The van der Waals surface area contributed by atoms with Gasteiger partial charge in [0.2, 0.25) is 0 Å². The molecular formula is C10H11ClINO. The summed E-state index contributed by atoms with van der Waals surface area (Å²) in [5, 5.41) is 0. The van der Waals surface area contributed by atoms with Crippen LogP contribution in [0.15, 0.2) is 24.3 Å². The van der Waals surface area contributed by atoms with E-state index in [1.807, 2.05) is 41.2 Å². The number of fused-ring (bicyclic) bond motifs is 1. The molecule has 0 aromatic heterocycles. The predicted octanol–water partition coefficient (Wildman–Crippen LogP) is 3.30. The van der Waals surface area contributed by atoms with Gasteiger partial charge in [0, 0.05) is 0 Å². The zero-order valence-corrected chi connectivity index (χ0v) is 10.9. The van der Waals surface area contributed by atoms with Crippen LogP contribution in [0.1, 0.15) is 24.2 Å². The van der Waals surface area contributed by atoms with Crippen molar-refractivity contribution in [3.63, 3.8) is 0 Å². The molecule has 0 aliphatic carbocycles. The molecule has 0 fully saturated rings. The standard InChI is InChI=1S/C10H11ClINO/c1-7(2)13-10(14)8-5-3-4-6-9(8)12(13)11/h3-7H,1-2H3. The Hall–Kier alpha value is -0.290. The van der Waals surface area contributed by atoms with Crippen molar-refractivity contribution < 1.29 is 4.79 Å². The molecule has 4 heteroatoms. The van der Waals surface area contributed by atoms with Gasteiger partial charge in [-0.15, -0.1) is 0 Å². The molecule has 0 unspecified atom stereocenters. The van der Waals surface area contributed by atoms with E-state index in [0.717, 1.165) is 9.13 Å². The quantitative estimate of drug-likeness (QED) is 0.573. The molecule has 14 heavy (non-hydrogen) atoms. The number of benzene rings is 1. The average molecular weight is 324 g/mol. The van der Waals surface area contributed by atoms with E-state index in [1.54, 1.807) is 0 Å². The second-order valence-corrected chi connectivity index (χ2v) is 8.68. The zero-order chi connectivity index (χ0) is 10.3. The van der Waals surface area contributed by atoms with Crippen LogP contribution in [0.2, 0.25) is 0 Å². The van der Waals surface area contributed by atoms with Gasteiger partial charge in [0.1, 0.15) is 0 Å². The maximum absolute atomic E-state index is 11.9. The summed E-state index contributed by atoms with van der Waals surface area (Å²) in [6.07, 6.45) is 0. The number of amides is 1. The van der Waals surface area contributed by atoms with Crippen molar-refractivity contribution in [2.24, 2.45) is 0 Å². The Morgan fingerprint density at radius 1 is 1.36 bits per heavy atom. The van der Waals surface area contributed by atoms with E-state index in [1.165, 1.54) is 0 Å². The monoisotopic (exact) mass is 323 g/mol. The van der Waals surface area contributed by atoms with Crippen LogP contribution in [0.5, 0.6) is 0 Å². The van der Waals surface area contributed by atoms with Crippen LogP contribution in [-0.2, 0) is 0 Å². The summed E-state index contributed by atoms with van der Waals surface area (Å²) in [5.74, 6) is 0.107. The first-order chi connectivity index (χ1) is 6.63. The molecule has 0 spiro atoms. The molecule has 1 aromatic carbocycles. The van der Waals surface area contributed by atoms with E-state index >= 15 is 0 Å². The Balaban J connectivity index is 2.48. The van der Waals surface area contributed by atoms with Crippen LogP contribution in [0, 0.1) is 3.57 Å². The number of hydrogen-bond acceptors (Lipinski definition) is 1. The third-order valence-electron chi connectivity index (χ3n) is 2.08. The summed E-state index contributed by atoms with van der Waals surface area (Å²) in [6.45, 7) is 4.02. The molecule has 2 rings (SSSR count). The summed E-state index contributed by atoms with van der Waals surface area (Å²) in [5.41, 5.74) is 0.807. The third kappa shape index (κ3) is 1.42. The van der Waals surface area contributed by atoms with Crippen molar-refractivity contribution in [2.75, 3.05) is 0 Å². The van der Waals surface area contributed by atoms with E-state index in [4.69, 9.17) is 8.91 Å². The summed E-state index contributed by atoms with van der Waals surface area (Å²) < 4.78 is 2.94. The van der Waals surface area contributed by atoms with Crippen molar-refractivity contribution in [3.05, 3.63) is 33.4 Å². The van der Waals surface area contributed by atoms with Crippen LogP contribution in [0.25, 0.3) is 0 Å². The van der Waals surface area contributed by atoms with Crippen molar-refractivity contribution >= 4 is 33.8 Å². The minimum absolute atomic E-state index is 0.107. The van der Waals surface area contributed by atoms with Crippen LogP contribution < -0.4 is 0 Å². The van der Waals surface area contributed by atoms with Gasteiger partial charge >= 0.3 is 95.0 Å². The van der Waals surface area contributed by atoms with E-state index in [9.17, 15) is 4.79 Å². The van der Waals surface area contributed by atoms with Gasteiger partial charge in [-0.2, -0.15) is 0 Å². The topological polar surface area (TPSA) is 20.3 Å². The summed E-state index contributed by atoms with van der Waals surface area (Å²) in [7, 11) is 6.36. The normalized spacial score (nSPS) is 17.9. The molecule has 1 aliphatic heterocycles. The Kier molecular flexibility index (Phi) is 2.70. The van der Waals surface area contributed by atoms with E-state index in [-0.39, 0.29) is 11.9 Å². The molecular weight excluding hydrogens is 312 g/mol. The number of nitrogens with zero attached hydrogens (tertiary/aromatic N) is 1. The summed E-state index contributed by atoms with van der Waals surface area (Å²) in [6, 6.07) is 7.89. The molecule has 0 saturated heterocycles. The average Bonchev–Trinajstić information content (AvgIpc) is 2.41. The van der Waals surface area contributed by atoms with Crippen molar-refractivity contribution in [2.45, 2.75) is 19.9 Å². The van der Waals surface area contributed by atoms with E-state index in [2.05, 4.69) is 0 Å². The Labute approximate surface area is 94.7 Å². The Bertz CT molecular complexity index is 380. The van der Waals surface area contributed by atoms with Gasteiger partial charge in [0.15, 0.2) is 0 Å². The number of carbonyl (C=O) groups excluding carboxylic acids is 1. The molecule has 0 radical (unpaired) electrons. The molecule has 1 heterocycles. The third-order valence-corrected chi connectivity index (χ3v) is 8.40. The fourth-order valence-corrected chi connectivity index (χ4v) is 7.25. The van der Waals surface area contributed by atoms with Gasteiger partial charge in [-0.1, -0.05) is 0 Å². The molecule has 76 valence electrons. The van der Waals surface area contributed by atoms with Crippen molar-refractivity contribution in [3.8, 4) is 0 Å². The molecule has 2 nitrogen and oxygen atoms in total. The SMILES string of the molecule is CC(C)N1C(=O)c2ccccc2I1Cl. The molecule has 0 atom stereocenters. The number of hydrogen-bond donors (Lipinski definition) is 0. The molecule has 0 N–H and O–H groups in total. The van der Waals surface area contributed by atoms with Gasteiger partial charge in [-0.25, -0.2) is 0 Å². The van der Waals surface area contributed by atoms with E-state index < -0.39 is 19.0 Å². The van der Waals surface area contributed by atoms with Gasteiger partial charge in [0.25, 0.3) is 0 Å². The predicted molar refractivity (Wildman–Crippen MR) is 66.3 cm³/mol. The van der Waals surface area contributed by atoms with Crippen molar-refractivity contribution in [1.82, 2.24) is 3.11 Å². The minimum atomic E-state index is -1.90. The van der Waals surface area contributed by atoms with E-state index in [0.29, 0.717) is 0 Å². The van der Waals surface area contributed by atoms with Crippen LogP contribution in [-0.4, -0.2) is 15.1 Å². The van der Waals surface area contributed by atoms with Crippen molar-refractivity contribution in [1.29, 1.82) is 0 Å². The molecule has 1 aromatic rings. The van der Waals surface area contributed by atoms with Gasteiger partial charge in [-0.05, 0) is 0 Å². The Morgan fingerprint density at radius 2 is 2.00 bits per heavy atom. The molecule has 0 bridgehead atoms. The summed E-state index contributed by atoms with van der Waals surface area (Å²) >= 11 is -1.90. The second-order valence-electron chi connectivity index (χ2n) is 3.41. The summed E-state index contributed by atoms with van der Waals surface area (Å²) in [4.78, 5) is 11.9. The fourth-order valence-electron chi connectivity index (χ4n) is 1.46. The molecule has 1 amide bonds. The second kappa shape index (κ2) is 3.70. The van der Waals surface area contributed by atoms with Gasteiger partial charge in [-0.3, -0.25) is 0 Å². The zero-order valence-electron chi connectivity index (χ0n) is 8.00. The molecule has 0 saturated carbocycles. The maximum atomic E-state index is 11.9. The van der Waals surface area contributed by atoms with Crippen LogP contribution >= 0.6 is 27.9 Å². The number of halogens is 2. The number of rotatable bonds is 1. The Morgan fingerprint density at radius 3 is 2.57 bits per heavy atom. The van der Waals surface area contributed by atoms with Crippen LogP contribution in [0.4, 0.5) is 0 Å². The van der Waals surface area contributed by atoms with Gasteiger partial charge < -0.3 is 0 Å². The number of carbonyl (C=O) groups is 1. The fraction of sp³-hybridized carbons (Fsp3) is 0.300. The van der Waals surface area contributed by atoms with Gasteiger partial charge in [0.05, 0.1) is 0 Å². The first-order valence-corrected chi connectivity index (χ1v) is 9.19. The first kappa shape index (κ1) is 10.2. The first-order valence-electron chi connectivity index (χ1n) is 4.42.